The highest BCUT2D eigenvalue weighted by molar-refractivity contribution is 7.92. The summed E-state index contributed by atoms with van der Waals surface area (Å²) in [6, 6.07) is 13.7. The van der Waals surface area contributed by atoms with Crippen LogP contribution in [0.15, 0.2) is 48.5 Å². The molecule has 2 aliphatic rings. The molecule has 3 aromatic carbocycles. The summed E-state index contributed by atoms with van der Waals surface area (Å²) in [4.78, 5) is 22.2. The van der Waals surface area contributed by atoms with E-state index in [0.717, 1.165) is 39.1 Å². The van der Waals surface area contributed by atoms with Crippen molar-refractivity contribution in [1.82, 2.24) is 5.32 Å². The number of amides is 1. The number of alkyl halides is 3. The zero-order chi connectivity index (χ0) is 34.7. The van der Waals surface area contributed by atoms with Crippen LogP contribution in [0.25, 0.3) is 0 Å². The molecule has 5 N–H and O–H groups in total. The van der Waals surface area contributed by atoms with Gasteiger partial charge < -0.3 is 30.7 Å². The van der Waals surface area contributed by atoms with Crippen LogP contribution in [0, 0.1) is 13.8 Å². The average molecular weight is 680 g/mol. The lowest BCUT2D eigenvalue weighted by molar-refractivity contribution is -0.192. The number of rotatable bonds is 7. The van der Waals surface area contributed by atoms with Gasteiger partial charge in [-0.1, -0.05) is 18.2 Å². The largest absolute Gasteiger partial charge is 0.508 e. The van der Waals surface area contributed by atoms with Crippen LogP contribution in [-0.2, 0) is 32.5 Å². The molecule has 0 saturated heterocycles. The number of ether oxygens (including phenoxy) is 2. The predicted molar refractivity (Wildman–Crippen MR) is 167 cm³/mol. The second-order valence-electron chi connectivity index (χ2n) is 11.4. The molecule has 2 atom stereocenters. The molecule has 47 heavy (non-hydrogen) atoms. The number of anilines is 1. The zero-order valence-electron chi connectivity index (χ0n) is 25.9. The fraction of sp³-hybridized carbons (Fsp3) is 0.375. The number of phenolic OH excluding ortho intramolecular Hbond substituents is 1. The second-order valence-corrected chi connectivity index (χ2v) is 13.3. The zero-order valence-corrected chi connectivity index (χ0v) is 26.7. The Balaban J connectivity index is 0.000000644. The average Bonchev–Trinajstić information content (AvgIpc) is 2.98. The van der Waals surface area contributed by atoms with Crippen molar-refractivity contribution in [1.29, 1.82) is 0 Å². The molecule has 3 aromatic rings. The third kappa shape index (κ3) is 8.86. The van der Waals surface area contributed by atoms with E-state index in [4.69, 9.17) is 25.1 Å². The van der Waals surface area contributed by atoms with Gasteiger partial charge in [-0.2, -0.15) is 13.2 Å². The number of nitrogens with one attached hydrogen (secondary N) is 1. The molecule has 0 aromatic heterocycles. The maximum atomic E-state index is 13.3. The number of carboxylic acid groups (broad SMARTS) is 1. The number of aryl methyl sites for hydroxylation is 2. The maximum absolute atomic E-state index is 13.3. The number of carbonyl (C=O) groups is 2. The Kier molecular flexibility index (Phi) is 10.6. The summed E-state index contributed by atoms with van der Waals surface area (Å²) in [5.74, 6) is -1.46. The van der Waals surface area contributed by atoms with Gasteiger partial charge in [0.05, 0.1) is 24.0 Å². The molecular weight excluding hydrogens is 643 g/mol. The number of sulfonamides is 1. The van der Waals surface area contributed by atoms with E-state index in [9.17, 15) is 31.5 Å². The molecule has 0 fully saturated rings. The van der Waals surface area contributed by atoms with Gasteiger partial charge in [-0.15, -0.1) is 0 Å². The first-order chi connectivity index (χ1) is 21.9. The van der Waals surface area contributed by atoms with Gasteiger partial charge in [0.1, 0.15) is 19.0 Å². The van der Waals surface area contributed by atoms with Crippen LogP contribution in [-0.4, -0.2) is 68.7 Å². The lowest BCUT2D eigenvalue weighted by Crippen LogP contribution is -2.46. The quantitative estimate of drug-likeness (QED) is 0.290. The third-order valence-corrected chi connectivity index (χ3v) is 8.95. The SMILES string of the molecule is Cc1cc(O)cc(C)c1C[C@H](N)C(=O)N[C@@H]1CCN(S(C)(=O)=O)c2ccc(Cc3ccc4c(c3)OCCO4)cc21.O=C(O)C(F)(F)F. The van der Waals surface area contributed by atoms with Crippen LogP contribution >= 0.6 is 0 Å². The molecule has 0 saturated carbocycles. The highest BCUT2D eigenvalue weighted by Gasteiger charge is 2.38. The first-order valence-corrected chi connectivity index (χ1v) is 16.4. The Bertz CT molecular complexity index is 1740. The second kappa shape index (κ2) is 14.1. The molecule has 0 bridgehead atoms. The molecule has 0 radical (unpaired) electrons. The van der Waals surface area contributed by atoms with E-state index in [1.54, 1.807) is 12.1 Å². The standard InChI is InChI=1S/C30H35N3O6S.C2HF3O2/c1-18-12-22(34)13-19(2)23(18)17-25(31)30(35)32-26-8-9-33(40(3,36)37)27-6-4-20(15-24(26)27)14-21-5-7-28-29(16-21)39-11-10-38-28;3-2(4,5)1(6)7/h4-7,12-13,15-16,25-26,34H,8-11,14,17,31H2,1-3H3,(H,32,35);(H,6,7)/t25-,26+;/m0./s1. The number of carboxylic acids is 1. The van der Waals surface area contributed by atoms with Gasteiger partial charge in [0.2, 0.25) is 15.9 Å². The molecule has 0 spiro atoms. The molecule has 254 valence electrons. The van der Waals surface area contributed by atoms with E-state index >= 15 is 0 Å². The number of nitrogens with two attached hydrogens (primary N) is 1. The highest BCUT2D eigenvalue weighted by Crippen LogP contribution is 2.37. The minimum Gasteiger partial charge on any atom is -0.508 e. The van der Waals surface area contributed by atoms with Crippen molar-refractivity contribution in [2.24, 2.45) is 5.73 Å². The van der Waals surface area contributed by atoms with Crippen molar-refractivity contribution < 1.29 is 50.9 Å². The van der Waals surface area contributed by atoms with Gasteiger partial charge in [-0.3, -0.25) is 9.10 Å². The van der Waals surface area contributed by atoms with Gasteiger partial charge in [0, 0.05) is 6.54 Å². The first-order valence-electron chi connectivity index (χ1n) is 14.6. The molecule has 0 unspecified atom stereocenters. The number of hydrogen-bond donors (Lipinski definition) is 4. The summed E-state index contributed by atoms with van der Waals surface area (Å²) in [6.07, 6.45) is -2.55. The lowest BCUT2D eigenvalue weighted by Gasteiger charge is -2.35. The van der Waals surface area contributed by atoms with Gasteiger partial charge >= 0.3 is 12.1 Å². The van der Waals surface area contributed by atoms with Gasteiger partial charge in [-0.25, -0.2) is 13.2 Å². The Labute approximate surface area is 270 Å². The number of hydrogen-bond acceptors (Lipinski definition) is 8. The van der Waals surface area contributed by atoms with Gasteiger partial charge in [0.25, 0.3) is 0 Å². The van der Waals surface area contributed by atoms with Crippen molar-refractivity contribution in [3.63, 3.8) is 0 Å². The smallest absolute Gasteiger partial charge is 0.490 e. The minimum absolute atomic E-state index is 0.179. The van der Waals surface area contributed by atoms with Crippen LogP contribution in [0.2, 0.25) is 0 Å². The van der Waals surface area contributed by atoms with E-state index in [2.05, 4.69) is 5.32 Å². The fourth-order valence-corrected chi connectivity index (χ4v) is 6.51. The number of fused-ring (bicyclic) bond motifs is 2. The van der Waals surface area contributed by atoms with E-state index in [-0.39, 0.29) is 18.2 Å². The van der Waals surface area contributed by atoms with Crippen molar-refractivity contribution in [2.45, 2.75) is 51.4 Å². The predicted octanol–water partition coefficient (Wildman–Crippen LogP) is 3.90. The van der Waals surface area contributed by atoms with Crippen molar-refractivity contribution in [2.75, 3.05) is 30.3 Å². The number of benzene rings is 3. The van der Waals surface area contributed by atoms with E-state index < -0.39 is 34.3 Å². The number of aromatic hydroxyl groups is 1. The lowest BCUT2D eigenvalue weighted by atomic mass is 9.92. The monoisotopic (exact) mass is 679 g/mol. The normalized spacial score (nSPS) is 16.3. The van der Waals surface area contributed by atoms with Crippen LogP contribution in [0.1, 0.15) is 45.8 Å². The number of carbonyl (C=O) groups excluding carboxylic acids is 1. The fourth-order valence-electron chi connectivity index (χ4n) is 5.55. The molecular formula is C32H36F3N3O8S. The first kappa shape index (κ1) is 35.4. The summed E-state index contributed by atoms with van der Waals surface area (Å²) in [7, 11) is -3.50. The number of halogens is 3. The summed E-state index contributed by atoms with van der Waals surface area (Å²) in [5.41, 5.74) is 12.3. The Morgan fingerprint density at radius 2 is 1.60 bits per heavy atom. The van der Waals surface area contributed by atoms with Crippen LogP contribution in [0.5, 0.6) is 17.2 Å². The molecule has 11 nitrogen and oxygen atoms in total. The Morgan fingerprint density at radius 1 is 1.02 bits per heavy atom. The Hall–Kier alpha value is -4.50. The Morgan fingerprint density at radius 3 is 2.19 bits per heavy atom. The molecule has 2 heterocycles. The number of aliphatic carboxylic acids is 1. The third-order valence-electron chi connectivity index (χ3n) is 7.77. The maximum Gasteiger partial charge on any atom is 0.490 e. The van der Waals surface area contributed by atoms with E-state index in [1.807, 2.05) is 50.2 Å². The van der Waals surface area contributed by atoms with Crippen LogP contribution < -0.4 is 24.8 Å². The summed E-state index contributed by atoms with van der Waals surface area (Å²) < 4.78 is 69.6. The summed E-state index contributed by atoms with van der Waals surface area (Å²) in [5, 5.41) is 20.1. The van der Waals surface area contributed by atoms with Crippen LogP contribution in [0.4, 0.5) is 18.9 Å². The summed E-state index contributed by atoms with van der Waals surface area (Å²) >= 11 is 0. The molecule has 0 aliphatic carbocycles. The van der Waals surface area contributed by atoms with Crippen molar-refractivity contribution >= 4 is 27.6 Å². The topological polar surface area (TPSA) is 168 Å². The van der Waals surface area contributed by atoms with E-state index in [1.165, 1.54) is 10.6 Å². The van der Waals surface area contributed by atoms with Crippen molar-refractivity contribution in [3.05, 3.63) is 81.9 Å². The number of nitrogens with zero attached hydrogens (tertiary/aromatic N) is 1. The molecule has 5 rings (SSSR count). The molecule has 1 amide bonds. The minimum atomic E-state index is -5.08. The molecule has 2 aliphatic heterocycles. The van der Waals surface area contributed by atoms with Crippen molar-refractivity contribution in [3.8, 4) is 17.2 Å². The van der Waals surface area contributed by atoms with Gasteiger partial charge in [0.15, 0.2) is 11.5 Å². The van der Waals surface area contributed by atoms with Gasteiger partial charge in [-0.05, 0) is 96.8 Å². The van der Waals surface area contributed by atoms with Crippen LogP contribution in [0.3, 0.4) is 0 Å². The molecule has 15 heteroatoms. The van der Waals surface area contributed by atoms with E-state index in [0.29, 0.717) is 43.9 Å². The highest BCUT2D eigenvalue weighted by atomic mass is 32.2. The summed E-state index contributed by atoms with van der Waals surface area (Å²) in [6.45, 7) is 5.05. The number of phenols is 1.